The number of nitrogens with two attached hydrogens (primary N) is 1. The number of anilines is 1. The fourth-order valence-electron chi connectivity index (χ4n) is 3.05. The van der Waals surface area contributed by atoms with E-state index >= 15 is 0 Å². The van der Waals surface area contributed by atoms with Crippen molar-refractivity contribution in [2.24, 2.45) is 12.8 Å². The lowest BCUT2D eigenvalue weighted by Gasteiger charge is -2.09. The number of carbonyl (C=O) groups excluding carboxylic acids is 2. The van der Waals surface area contributed by atoms with Gasteiger partial charge in [-0.15, -0.1) is 11.3 Å². The standard InChI is InChI=1S/C17H14F2IN5O2S/c1-25-5-8(20)11(24-25)16(27)23-12-10-7(6-2-3-6)4-9(14(18)19)22-17(10)28-13(12)15(21)26/h4-6,14H,2-3H2,1H3,(H2,21,26)(H,23,27). The molecule has 4 rings (SSSR count). The van der Waals surface area contributed by atoms with Gasteiger partial charge >= 0.3 is 0 Å². The summed E-state index contributed by atoms with van der Waals surface area (Å²) in [5.41, 5.74) is 6.22. The molecule has 3 heterocycles. The number of fused-ring (bicyclic) bond motifs is 1. The number of amides is 2. The van der Waals surface area contributed by atoms with Gasteiger partial charge in [-0.25, -0.2) is 13.8 Å². The van der Waals surface area contributed by atoms with Crippen molar-refractivity contribution in [2.45, 2.75) is 25.2 Å². The number of primary amides is 1. The first-order valence-electron chi connectivity index (χ1n) is 8.32. The van der Waals surface area contributed by atoms with E-state index in [9.17, 15) is 18.4 Å². The van der Waals surface area contributed by atoms with Crippen molar-refractivity contribution in [1.29, 1.82) is 0 Å². The molecule has 11 heteroatoms. The van der Waals surface area contributed by atoms with Crippen LogP contribution in [0.5, 0.6) is 0 Å². The quantitative estimate of drug-likeness (QED) is 0.503. The van der Waals surface area contributed by atoms with Gasteiger partial charge < -0.3 is 11.1 Å². The number of nitrogens with zero attached hydrogens (tertiary/aromatic N) is 3. The number of rotatable bonds is 5. The molecule has 0 aromatic carbocycles. The van der Waals surface area contributed by atoms with Gasteiger partial charge in [-0.2, -0.15) is 5.10 Å². The number of pyridine rings is 1. The number of nitrogens with one attached hydrogen (secondary N) is 1. The van der Waals surface area contributed by atoms with E-state index in [4.69, 9.17) is 5.73 Å². The van der Waals surface area contributed by atoms with E-state index in [0.29, 0.717) is 14.5 Å². The Labute approximate surface area is 175 Å². The maximum absolute atomic E-state index is 13.3. The summed E-state index contributed by atoms with van der Waals surface area (Å²) in [7, 11) is 1.69. The first-order chi connectivity index (χ1) is 13.3. The third-order valence-corrected chi connectivity index (χ3v) is 6.30. The van der Waals surface area contributed by atoms with Crippen molar-refractivity contribution in [3.63, 3.8) is 0 Å². The van der Waals surface area contributed by atoms with E-state index < -0.39 is 18.2 Å². The molecule has 7 nitrogen and oxygen atoms in total. The highest BCUT2D eigenvalue weighted by Gasteiger charge is 2.32. The maximum Gasteiger partial charge on any atom is 0.280 e. The molecule has 0 saturated heterocycles. The Balaban J connectivity index is 1.88. The van der Waals surface area contributed by atoms with Gasteiger partial charge in [-0.05, 0) is 53.0 Å². The second-order valence-corrected chi connectivity index (χ2v) is 8.68. The van der Waals surface area contributed by atoms with Crippen molar-refractivity contribution in [2.75, 3.05) is 5.32 Å². The van der Waals surface area contributed by atoms with Crippen LogP contribution in [0.4, 0.5) is 14.5 Å². The van der Waals surface area contributed by atoms with Crippen LogP contribution in [0, 0.1) is 3.57 Å². The Kier molecular flexibility index (Phi) is 4.81. The van der Waals surface area contributed by atoms with Crippen LogP contribution in [0.15, 0.2) is 12.3 Å². The van der Waals surface area contributed by atoms with Crippen LogP contribution in [-0.2, 0) is 7.05 Å². The molecule has 2 amide bonds. The zero-order valence-corrected chi connectivity index (χ0v) is 17.5. The normalized spacial score (nSPS) is 14.0. The van der Waals surface area contributed by atoms with E-state index in [-0.39, 0.29) is 32.7 Å². The van der Waals surface area contributed by atoms with Crippen molar-refractivity contribution in [3.05, 3.63) is 37.7 Å². The highest BCUT2D eigenvalue weighted by atomic mass is 127. The van der Waals surface area contributed by atoms with Gasteiger partial charge in [0.1, 0.15) is 15.4 Å². The van der Waals surface area contributed by atoms with Crippen LogP contribution in [-0.4, -0.2) is 26.6 Å². The van der Waals surface area contributed by atoms with Crippen molar-refractivity contribution in [1.82, 2.24) is 14.8 Å². The molecular formula is C17H14F2IN5O2S. The summed E-state index contributed by atoms with van der Waals surface area (Å²) in [4.78, 5) is 29.1. The molecule has 1 aliphatic rings. The highest BCUT2D eigenvalue weighted by molar-refractivity contribution is 14.1. The minimum absolute atomic E-state index is 0.0788. The minimum Gasteiger partial charge on any atom is -0.365 e. The molecule has 1 saturated carbocycles. The molecule has 0 spiro atoms. The van der Waals surface area contributed by atoms with Crippen LogP contribution in [0.25, 0.3) is 10.2 Å². The van der Waals surface area contributed by atoms with E-state index in [2.05, 4.69) is 15.4 Å². The molecule has 1 fully saturated rings. The van der Waals surface area contributed by atoms with Gasteiger partial charge in [0, 0.05) is 18.6 Å². The molecule has 3 aromatic rings. The lowest BCUT2D eigenvalue weighted by atomic mass is 10.0. The van der Waals surface area contributed by atoms with E-state index in [1.807, 2.05) is 22.6 Å². The minimum atomic E-state index is -2.73. The molecule has 3 aromatic heterocycles. The predicted molar refractivity (Wildman–Crippen MR) is 109 cm³/mol. The van der Waals surface area contributed by atoms with Gasteiger partial charge in [0.2, 0.25) is 0 Å². The molecule has 0 radical (unpaired) electrons. The molecular weight excluding hydrogens is 503 g/mol. The van der Waals surface area contributed by atoms with Crippen LogP contribution in [0.2, 0.25) is 0 Å². The lowest BCUT2D eigenvalue weighted by molar-refractivity contribution is 0.100. The number of aromatic nitrogens is 3. The second kappa shape index (κ2) is 7.03. The second-order valence-electron chi connectivity index (χ2n) is 6.52. The summed E-state index contributed by atoms with van der Waals surface area (Å²) in [5, 5.41) is 7.35. The third kappa shape index (κ3) is 3.36. The Hall–Kier alpha value is -2.15. The summed E-state index contributed by atoms with van der Waals surface area (Å²) in [6.07, 6.45) is 0.668. The monoisotopic (exact) mass is 517 g/mol. The van der Waals surface area contributed by atoms with Gasteiger partial charge in [0.05, 0.1) is 9.26 Å². The molecule has 0 aliphatic heterocycles. The van der Waals surface area contributed by atoms with Crippen molar-refractivity contribution < 1.29 is 18.4 Å². The first kappa shape index (κ1) is 19.2. The average Bonchev–Trinajstić information content (AvgIpc) is 3.32. The highest BCUT2D eigenvalue weighted by Crippen LogP contribution is 2.48. The molecule has 0 bridgehead atoms. The van der Waals surface area contributed by atoms with Crippen LogP contribution >= 0.6 is 33.9 Å². The van der Waals surface area contributed by atoms with E-state index in [1.165, 1.54) is 10.7 Å². The Morgan fingerprint density at radius 1 is 1.43 bits per heavy atom. The molecule has 0 unspecified atom stereocenters. The Morgan fingerprint density at radius 2 is 2.14 bits per heavy atom. The smallest absolute Gasteiger partial charge is 0.280 e. The van der Waals surface area contributed by atoms with Gasteiger partial charge in [0.25, 0.3) is 18.2 Å². The summed E-state index contributed by atoms with van der Waals surface area (Å²) in [6, 6.07) is 1.36. The summed E-state index contributed by atoms with van der Waals surface area (Å²) in [5.74, 6) is -1.16. The number of hydrogen-bond acceptors (Lipinski definition) is 5. The number of aryl methyl sites for hydroxylation is 1. The summed E-state index contributed by atoms with van der Waals surface area (Å²) < 4.78 is 28.7. The number of thiophene rings is 1. The number of carbonyl (C=O) groups is 2. The van der Waals surface area contributed by atoms with Crippen LogP contribution in [0.3, 0.4) is 0 Å². The van der Waals surface area contributed by atoms with Crippen LogP contribution in [0.1, 0.15) is 56.6 Å². The lowest BCUT2D eigenvalue weighted by Crippen LogP contribution is -2.18. The van der Waals surface area contributed by atoms with Gasteiger partial charge in [-0.3, -0.25) is 14.3 Å². The number of hydrogen-bond donors (Lipinski definition) is 2. The molecule has 146 valence electrons. The Bertz CT molecular complexity index is 1120. The predicted octanol–water partition coefficient (Wildman–Crippen LogP) is 3.80. The fraction of sp³-hybridized carbons (Fsp3) is 0.294. The van der Waals surface area contributed by atoms with Gasteiger partial charge in [-0.1, -0.05) is 0 Å². The molecule has 1 aliphatic carbocycles. The average molecular weight is 517 g/mol. The third-order valence-electron chi connectivity index (χ3n) is 4.41. The fourth-order valence-corrected chi connectivity index (χ4v) is 4.83. The topological polar surface area (TPSA) is 103 Å². The van der Waals surface area contributed by atoms with Crippen molar-refractivity contribution >= 4 is 61.6 Å². The molecule has 3 N–H and O–H groups in total. The van der Waals surface area contributed by atoms with Crippen LogP contribution < -0.4 is 11.1 Å². The summed E-state index contributed by atoms with van der Waals surface area (Å²) in [6.45, 7) is 0. The zero-order chi connectivity index (χ0) is 20.2. The van der Waals surface area contributed by atoms with Gasteiger partial charge in [0.15, 0.2) is 5.69 Å². The summed E-state index contributed by atoms with van der Waals surface area (Å²) >= 11 is 2.90. The SMILES string of the molecule is Cn1cc(I)c(C(=O)Nc2c(C(N)=O)sc3nc(C(F)F)cc(C4CC4)c23)n1. The van der Waals surface area contributed by atoms with E-state index in [0.717, 1.165) is 24.2 Å². The zero-order valence-electron chi connectivity index (χ0n) is 14.5. The number of alkyl halides is 2. The largest absolute Gasteiger partial charge is 0.365 e. The Morgan fingerprint density at radius 3 is 2.68 bits per heavy atom. The van der Waals surface area contributed by atoms with E-state index in [1.54, 1.807) is 13.2 Å². The molecule has 28 heavy (non-hydrogen) atoms. The van der Waals surface area contributed by atoms with Crippen molar-refractivity contribution in [3.8, 4) is 0 Å². The number of halogens is 3. The molecule has 0 atom stereocenters. The maximum atomic E-state index is 13.3. The first-order valence-corrected chi connectivity index (χ1v) is 10.2.